The van der Waals surface area contributed by atoms with Crippen LogP contribution in [0.3, 0.4) is 0 Å². The molecule has 2 aromatic rings. The minimum atomic E-state index is -0.117. The van der Waals surface area contributed by atoms with Crippen molar-refractivity contribution in [1.82, 2.24) is 5.01 Å². The van der Waals surface area contributed by atoms with Crippen LogP contribution >= 0.6 is 0 Å². The third-order valence-corrected chi connectivity index (χ3v) is 4.26. The summed E-state index contributed by atoms with van der Waals surface area (Å²) in [6, 6.07) is 13.3. The molecule has 4 rings (SSSR count). The summed E-state index contributed by atoms with van der Waals surface area (Å²) >= 11 is 0. The molecule has 0 saturated carbocycles. The van der Waals surface area contributed by atoms with Gasteiger partial charge in [0.2, 0.25) is 13.2 Å². The van der Waals surface area contributed by atoms with E-state index in [1.54, 1.807) is 7.11 Å². The average molecular weight is 324 g/mol. The Balaban J connectivity index is 1.61. The highest BCUT2D eigenvalue weighted by Crippen LogP contribution is 2.36. The lowest BCUT2D eigenvalue weighted by Gasteiger charge is -2.17. The number of ether oxygens (including phenoxy) is 3. The third-order valence-electron chi connectivity index (χ3n) is 4.26. The van der Waals surface area contributed by atoms with E-state index in [1.165, 1.54) is 5.01 Å². The minimum Gasteiger partial charge on any atom is -0.497 e. The number of benzene rings is 2. The van der Waals surface area contributed by atoms with Crippen LogP contribution in [0.2, 0.25) is 0 Å². The van der Waals surface area contributed by atoms with Gasteiger partial charge in [-0.3, -0.25) is 4.79 Å². The molecule has 1 amide bonds. The number of amides is 1. The quantitative estimate of drug-likeness (QED) is 0.811. The number of nitrogens with zero attached hydrogens (tertiary/aromatic N) is 2. The molecule has 2 heterocycles. The first kappa shape index (κ1) is 14.6. The van der Waals surface area contributed by atoms with Gasteiger partial charge in [0.15, 0.2) is 11.5 Å². The Labute approximate surface area is 139 Å². The Morgan fingerprint density at radius 3 is 2.71 bits per heavy atom. The molecular formula is C18H16N2O4. The van der Waals surface area contributed by atoms with E-state index < -0.39 is 0 Å². The highest BCUT2D eigenvalue weighted by Gasteiger charge is 2.29. The molecule has 0 unspecified atom stereocenters. The molecule has 2 aliphatic heterocycles. The Hall–Kier alpha value is -3.02. The number of hydrogen-bond donors (Lipinski definition) is 0. The summed E-state index contributed by atoms with van der Waals surface area (Å²) in [7, 11) is 1.63. The smallest absolute Gasteiger partial charge is 0.231 e. The summed E-state index contributed by atoms with van der Waals surface area (Å²) in [5.41, 5.74) is 2.80. The molecule has 0 saturated heterocycles. The number of hydrazone groups is 1. The van der Waals surface area contributed by atoms with Crippen LogP contribution in [0.25, 0.3) is 0 Å². The van der Waals surface area contributed by atoms with Crippen molar-refractivity contribution in [3.8, 4) is 17.2 Å². The number of rotatable bonds is 4. The van der Waals surface area contributed by atoms with Crippen LogP contribution in [0.5, 0.6) is 17.2 Å². The standard InChI is InChI=1S/C18H16N2O4/c1-22-14-5-2-12(3-6-14)16-9-15(19-20(16)10-21)13-4-7-17-18(8-13)24-11-23-17/h2-8,10,16H,9,11H2,1H3/t16-/m0/s1. The fourth-order valence-corrected chi connectivity index (χ4v) is 2.97. The Bertz CT molecular complexity index is 801. The van der Waals surface area contributed by atoms with Crippen LogP contribution in [-0.4, -0.2) is 31.0 Å². The summed E-state index contributed by atoms with van der Waals surface area (Å²) in [6.07, 6.45) is 1.40. The minimum absolute atomic E-state index is 0.117. The van der Waals surface area contributed by atoms with Crippen molar-refractivity contribution >= 4 is 12.1 Å². The largest absolute Gasteiger partial charge is 0.497 e. The van der Waals surface area contributed by atoms with Crippen molar-refractivity contribution in [2.24, 2.45) is 5.10 Å². The lowest BCUT2D eigenvalue weighted by molar-refractivity contribution is -0.119. The monoisotopic (exact) mass is 324 g/mol. The second kappa shape index (κ2) is 5.88. The molecule has 2 aliphatic rings. The Morgan fingerprint density at radius 2 is 1.96 bits per heavy atom. The van der Waals surface area contributed by atoms with Gasteiger partial charge < -0.3 is 14.2 Å². The number of carbonyl (C=O) groups is 1. The maximum atomic E-state index is 11.4. The van der Waals surface area contributed by atoms with Crippen molar-refractivity contribution < 1.29 is 19.0 Å². The fraction of sp³-hybridized carbons (Fsp3) is 0.222. The van der Waals surface area contributed by atoms with Crippen LogP contribution in [0.1, 0.15) is 23.6 Å². The van der Waals surface area contributed by atoms with Crippen LogP contribution < -0.4 is 14.2 Å². The zero-order valence-electron chi connectivity index (χ0n) is 13.1. The van der Waals surface area contributed by atoms with Gasteiger partial charge in [0, 0.05) is 12.0 Å². The topological polar surface area (TPSA) is 60.4 Å². The summed E-state index contributed by atoms with van der Waals surface area (Å²) in [4.78, 5) is 11.4. The van der Waals surface area contributed by atoms with E-state index >= 15 is 0 Å². The van der Waals surface area contributed by atoms with Gasteiger partial charge in [0.25, 0.3) is 0 Å². The van der Waals surface area contributed by atoms with E-state index in [0.29, 0.717) is 12.2 Å². The first-order valence-electron chi connectivity index (χ1n) is 7.63. The highest BCUT2D eigenvalue weighted by molar-refractivity contribution is 6.03. The molecule has 122 valence electrons. The molecule has 0 aliphatic carbocycles. The molecule has 0 fully saturated rings. The van der Waals surface area contributed by atoms with E-state index in [4.69, 9.17) is 14.2 Å². The highest BCUT2D eigenvalue weighted by atomic mass is 16.7. The predicted octanol–water partition coefficient (Wildman–Crippen LogP) is 2.73. The molecule has 6 nitrogen and oxygen atoms in total. The first-order chi connectivity index (χ1) is 11.8. The van der Waals surface area contributed by atoms with Gasteiger partial charge in [-0.2, -0.15) is 5.10 Å². The van der Waals surface area contributed by atoms with Crippen molar-refractivity contribution in [3.63, 3.8) is 0 Å². The number of hydrogen-bond acceptors (Lipinski definition) is 5. The van der Waals surface area contributed by atoms with Gasteiger partial charge in [-0.25, -0.2) is 5.01 Å². The van der Waals surface area contributed by atoms with Crippen LogP contribution in [-0.2, 0) is 4.79 Å². The molecule has 0 bridgehead atoms. The normalized spacial score (nSPS) is 18.5. The number of methoxy groups -OCH3 is 1. The Kier molecular flexibility index (Phi) is 3.57. The maximum absolute atomic E-state index is 11.4. The van der Waals surface area contributed by atoms with Crippen molar-refractivity contribution in [3.05, 3.63) is 53.6 Å². The van der Waals surface area contributed by atoms with Gasteiger partial charge in [0.05, 0.1) is 18.9 Å². The Morgan fingerprint density at radius 1 is 1.17 bits per heavy atom. The zero-order valence-corrected chi connectivity index (χ0v) is 13.1. The molecule has 24 heavy (non-hydrogen) atoms. The first-order valence-corrected chi connectivity index (χ1v) is 7.63. The fourth-order valence-electron chi connectivity index (χ4n) is 2.97. The maximum Gasteiger partial charge on any atom is 0.231 e. The summed E-state index contributed by atoms with van der Waals surface area (Å²) in [6.45, 7) is 0.236. The van der Waals surface area contributed by atoms with Crippen LogP contribution in [0, 0.1) is 0 Å². The lowest BCUT2D eigenvalue weighted by Crippen LogP contribution is -2.17. The second-order valence-electron chi connectivity index (χ2n) is 5.59. The molecule has 0 radical (unpaired) electrons. The van der Waals surface area contributed by atoms with Crippen molar-refractivity contribution in [2.75, 3.05) is 13.9 Å². The number of fused-ring (bicyclic) bond motifs is 1. The van der Waals surface area contributed by atoms with E-state index in [0.717, 1.165) is 34.7 Å². The van der Waals surface area contributed by atoms with Gasteiger partial charge in [-0.1, -0.05) is 12.1 Å². The zero-order chi connectivity index (χ0) is 16.5. The van der Waals surface area contributed by atoms with Gasteiger partial charge in [-0.15, -0.1) is 0 Å². The van der Waals surface area contributed by atoms with E-state index in [1.807, 2.05) is 42.5 Å². The van der Waals surface area contributed by atoms with E-state index in [9.17, 15) is 4.79 Å². The summed E-state index contributed by atoms with van der Waals surface area (Å²) < 4.78 is 15.9. The molecule has 6 heteroatoms. The lowest BCUT2D eigenvalue weighted by atomic mass is 9.98. The third kappa shape index (κ3) is 2.46. The SMILES string of the molecule is COc1ccc([C@@H]2CC(c3ccc4c(c3)OCO4)=NN2C=O)cc1. The van der Waals surface area contributed by atoms with Crippen LogP contribution in [0.15, 0.2) is 47.6 Å². The second-order valence-corrected chi connectivity index (χ2v) is 5.59. The molecule has 0 spiro atoms. The summed E-state index contributed by atoms with van der Waals surface area (Å²) in [5.74, 6) is 2.23. The van der Waals surface area contributed by atoms with Crippen molar-refractivity contribution in [1.29, 1.82) is 0 Å². The molecule has 0 aromatic heterocycles. The summed E-state index contributed by atoms with van der Waals surface area (Å²) in [5, 5.41) is 5.92. The molecular weight excluding hydrogens is 308 g/mol. The average Bonchev–Trinajstić information content (AvgIpc) is 3.27. The van der Waals surface area contributed by atoms with Gasteiger partial charge in [-0.05, 0) is 35.9 Å². The molecule has 2 aromatic carbocycles. The van der Waals surface area contributed by atoms with Crippen LogP contribution in [0.4, 0.5) is 0 Å². The molecule has 1 atom stereocenters. The predicted molar refractivity (Wildman–Crippen MR) is 87.4 cm³/mol. The molecule has 0 N–H and O–H groups in total. The number of carbonyl (C=O) groups excluding carboxylic acids is 1. The van der Waals surface area contributed by atoms with Gasteiger partial charge in [0.1, 0.15) is 5.75 Å². The van der Waals surface area contributed by atoms with Gasteiger partial charge >= 0.3 is 0 Å². The van der Waals surface area contributed by atoms with E-state index in [2.05, 4.69) is 5.10 Å². The van der Waals surface area contributed by atoms with Crippen molar-refractivity contribution in [2.45, 2.75) is 12.5 Å². The van der Waals surface area contributed by atoms with E-state index in [-0.39, 0.29) is 12.8 Å².